The van der Waals surface area contributed by atoms with Gasteiger partial charge in [-0.05, 0) is 32.1 Å². The molecular weight excluding hydrogens is 392 g/mol. The fourth-order valence-corrected chi connectivity index (χ4v) is 4.14. The number of hydrogen-bond acceptors (Lipinski definition) is 5. The van der Waals surface area contributed by atoms with Gasteiger partial charge in [-0.15, -0.1) is 0 Å². The Morgan fingerprint density at radius 1 is 0.806 bits per heavy atom. The average molecular weight is 443 g/mol. The van der Waals surface area contributed by atoms with Gasteiger partial charge in [-0.3, -0.25) is 0 Å². The lowest BCUT2D eigenvalue weighted by Gasteiger charge is -2.24. The molecule has 0 aromatic heterocycles. The highest BCUT2D eigenvalue weighted by Gasteiger charge is 2.40. The molecule has 4 atom stereocenters. The minimum atomic E-state index is -0.981. The zero-order chi connectivity index (χ0) is 22.6. The standard InChI is InChI=1S/C26H50O5/c1-2-3-4-5-6-7-8-9-10-11-12-13-14-15-16-17-18-19-20-30-24(21-27)26-25(29)23(28)22-31-26/h12-13,23-29H,2-11,14-22H2,1H3/b13-12+/t23-,24+,25+,26+/m0/s1. The molecule has 0 radical (unpaired) electrons. The molecule has 1 rings (SSSR count). The van der Waals surface area contributed by atoms with Crippen molar-refractivity contribution in [3.8, 4) is 0 Å². The van der Waals surface area contributed by atoms with Crippen LogP contribution in [0.2, 0.25) is 0 Å². The predicted octanol–water partition coefficient (Wildman–Crippen LogP) is 5.30. The molecule has 31 heavy (non-hydrogen) atoms. The van der Waals surface area contributed by atoms with Crippen LogP contribution >= 0.6 is 0 Å². The van der Waals surface area contributed by atoms with Crippen molar-refractivity contribution in [3.05, 3.63) is 12.2 Å². The zero-order valence-corrected chi connectivity index (χ0v) is 20.1. The summed E-state index contributed by atoms with van der Waals surface area (Å²) < 4.78 is 11.0. The molecule has 0 unspecified atom stereocenters. The quantitative estimate of drug-likeness (QED) is 0.166. The molecule has 1 fully saturated rings. The molecule has 0 aliphatic carbocycles. The van der Waals surface area contributed by atoms with E-state index in [4.69, 9.17) is 9.47 Å². The lowest BCUT2D eigenvalue weighted by Crippen LogP contribution is -2.42. The first-order valence-corrected chi connectivity index (χ1v) is 13.1. The normalized spacial score (nSPS) is 22.5. The molecule has 0 aromatic carbocycles. The Kier molecular flexibility index (Phi) is 18.6. The number of ether oxygens (including phenoxy) is 2. The second-order valence-corrected chi connectivity index (χ2v) is 9.09. The fraction of sp³-hybridized carbons (Fsp3) is 0.923. The summed E-state index contributed by atoms with van der Waals surface area (Å²) in [5, 5.41) is 28.8. The van der Waals surface area contributed by atoms with Gasteiger partial charge >= 0.3 is 0 Å². The molecule has 0 bridgehead atoms. The number of allylic oxidation sites excluding steroid dienone is 2. The maximum atomic E-state index is 9.85. The summed E-state index contributed by atoms with van der Waals surface area (Å²) in [7, 11) is 0. The van der Waals surface area contributed by atoms with E-state index in [0.29, 0.717) is 6.61 Å². The lowest BCUT2D eigenvalue weighted by molar-refractivity contribution is -0.101. The van der Waals surface area contributed by atoms with Crippen molar-refractivity contribution in [2.45, 2.75) is 134 Å². The molecule has 0 aromatic rings. The number of unbranched alkanes of at least 4 members (excludes halogenated alkanes) is 14. The van der Waals surface area contributed by atoms with Gasteiger partial charge in [0.25, 0.3) is 0 Å². The van der Waals surface area contributed by atoms with Gasteiger partial charge in [-0.1, -0.05) is 89.7 Å². The SMILES string of the molecule is CCCCCCCCCCC/C=C/CCCCCCCO[C@H](CO)[C@H]1OC[C@H](O)[C@H]1O. The van der Waals surface area contributed by atoms with Crippen LogP contribution < -0.4 is 0 Å². The van der Waals surface area contributed by atoms with Crippen LogP contribution in [0.15, 0.2) is 12.2 Å². The molecule has 184 valence electrons. The van der Waals surface area contributed by atoms with Crippen molar-refractivity contribution >= 4 is 0 Å². The van der Waals surface area contributed by atoms with Crippen LogP contribution in [0, 0.1) is 0 Å². The third kappa shape index (κ3) is 14.3. The van der Waals surface area contributed by atoms with Gasteiger partial charge in [0.05, 0.1) is 13.2 Å². The Labute approximate surface area is 191 Å². The predicted molar refractivity (Wildman–Crippen MR) is 127 cm³/mol. The van der Waals surface area contributed by atoms with Gasteiger partial charge < -0.3 is 24.8 Å². The van der Waals surface area contributed by atoms with E-state index < -0.39 is 24.4 Å². The van der Waals surface area contributed by atoms with E-state index >= 15 is 0 Å². The Morgan fingerprint density at radius 2 is 1.32 bits per heavy atom. The average Bonchev–Trinajstić information content (AvgIpc) is 3.11. The van der Waals surface area contributed by atoms with Crippen molar-refractivity contribution in [1.29, 1.82) is 0 Å². The van der Waals surface area contributed by atoms with Crippen LogP contribution in [-0.2, 0) is 9.47 Å². The molecule has 1 saturated heterocycles. The molecule has 0 saturated carbocycles. The molecule has 1 aliphatic rings. The lowest BCUT2D eigenvalue weighted by atomic mass is 10.1. The minimum absolute atomic E-state index is 0.0966. The maximum absolute atomic E-state index is 9.85. The monoisotopic (exact) mass is 442 g/mol. The van der Waals surface area contributed by atoms with E-state index in [9.17, 15) is 15.3 Å². The van der Waals surface area contributed by atoms with Gasteiger partial charge in [-0.25, -0.2) is 0 Å². The van der Waals surface area contributed by atoms with E-state index in [1.54, 1.807) is 0 Å². The van der Waals surface area contributed by atoms with Crippen LogP contribution in [0.3, 0.4) is 0 Å². The molecule has 0 spiro atoms. The summed E-state index contributed by atoms with van der Waals surface area (Å²) in [5.41, 5.74) is 0. The molecule has 0 amide bonds. The van der Waals surface area contributed by atoms with Gasteiger partial charge in [0, 0.05) is 6.61 Å². The van der Waals surface area contributed by atoms with Crippen molar-refractivity contribution in [2.75, 3.05) is 19.8 Å². The van der Waals surface area contributed by atoms with E-state index in [1.165, 1.54) is 89.9 Å². The smallest absolute Gasteiger partial charge is 0.114 e. The number of hydrogen-bond donors (Lipinski definition) is 3. The maximum Gasteiger partial charge on any atom is 0.114 e. The van der Waals surface area contributed by atoms with Gasteiger partial charge in [0.1, 0.15) is 24.4 Å². The summed E-state index contributed by atoms with van der Waals surface area (Å²) >= 11 is 0. The first-order chi connectivity index (χ1) is 15.2. The Bertz CT molecular complexity index is 415. The number of aliphatic hydroxyl groups excluding tert-OH is 3. The van der Waals surface area contributed by atoms with Gasteiger partial charge in [0.15, 0.2) is 0 Å². The Hall–Kier alpha value is -0.460. The summed E-state index contributed by atoms with van der Waals surface area (Å²) in [6.45, 7) is 2.71. The molecular formula is C26H50O5. The van der Waals surface area contributed by atoms with Crippen LogP contribution in [0.5, 0.6) is 0 Å². The highest BCUT2D eigenvalue weighted by molar-refractivity contribution is 4.88. The van der Waals surface area contributed by atoms with Crippen LogP contribution in [0.1, 0.15) is 110 Å². The van der Waals surface area contributed by atoms with Crippen LogP contribution in [0.4, 0.5) is 0 Å². The van der Waals surface area contributed by atoms with Crippen LogP contribution in [0.25, 0.3) is 0 Å². The molecule has 3 N–H and O–H groups in total. The molecule has 1 heterocycles. The highest BCUT2D eigenvalue weighted by Crippen LogP contribution is 2.20. The molecule has 1 aliphatic heterocycles. The zero-order valence-electron chi connectivity index (χ0n) is 20.1. The number of aliphatic hydroxyl groups is 3. The topological polar surface area (TPSA) is 79.2 Å². The van der Waals surface area contributed by atoms with Gasteiger partial charge in [0.2, 0.25) is 0 Å². The first kappa shape index (κ1) is 28.6. The number of rotatable bonds is 21. The van der Waals surface area contributed by atoms with Crippen molar-refractivity contribution in [1.82, 2.24) is 0 Å². The Balaban J connectivity index is 1.83. The Morgan fingerprint density at radius 3 is 1.81 bits per heavy atom. The first-order valence-electron chi connectivity index (χ1n) is 13.1. The van der Waals surface area contributed by atoms with E-state index in [0.717, 1.165) is 12.8 Å². The second-order valence-electron chi connectivity index (χ2n) is 9.09. The third-order valence-corrected chi connectivity index (χ3v) is 6.22. The second kappa shape index (κ2) is 20.2. The van der Waals surface area contributed by atoms with Crippen molar-refractivity contribution < 1.29 is 24.8 Å². The minimum Gasteiger partial charge on any atom is -0.394 e. The summed E-state index contributed by atoms with van der Waals surface area (Å²) in [6, 6.07) is 0. The van der Waals surface area contributed by atoms with Crippen molar-refractivity contribution in [2.24, 2.45) is 0 Å². The highest BCUT2D eigenvalue weighted by atomic mass is 16.6. The molecule has 5 heteroatoms. The third-order valence-electron chi connectivity index (χ3n) is 6.22. The van der Waals surface area contributed by atoms with Crippen molar-refractivity contribution in [3.63, 3.8) is 0 Å². The van der Waals surface area contributed by atoms with Gasteiger partial charge in [-0.2, -0.15) is 0 Å². The van der Waals surface area contributed by atoms with E-state index in [2.05, 4.69) is 19.1 Å². The molecule has 5 nitrogen and oxygen atoms in total. The van der Waals surface area contributed by atoms with E-state index in [1.807, 2.05) is 0 Å². The van der Waals surface area contributed by atoms with Crippen LogP contribution in [-0.4, -0.2) is 59.6 Å². The summed E-state index contributed by atoms with van der Waals surface area (Å²) in [4.78, 5) is 0. The largest absolute Gasteiger partial charge is 0.394 e. The summed E-state index contributed by atoms with van der Waals surface area (Å²) in [6.07, 6.45) is 22.3. The fourth-order valence-electron chi connectivity index (χ4n) is 4.14. The summed E-state index contributed by atoms with van der Waals surface area (Å²) in [5.74, 6) is 0. The van der Waals surface area contributed by atoms with E-state index in [-0.39, 0.29) is 13.2 Å².